The molecule has 0 aliphatic heterocycles. The summed E-state index contributed by atoms with van der Waals surface area (Å²) in [6, 6.07) is 17.0. The Labute approximate surface area is 135 Å². The average molecular weight is 315 g/mol. The lowest BCUT2D eigenvalue weighted by atomic mass is 9.82. The lowest BCUT2D eigenvalue weighted by Gasteiger charge is -2.24. The number of methoxy groups -OCH3 is 1. The third-order valence-electron chi connectivity index (χ3n) is 4.03. The Morgan fingerprint density at radius 3 is 2.39 bits per heavy atom. The number of para-hydroxylation sites is 1. The van der Waals surface area contributed by atoms with Crippen LogP contribution in [0.15, 0.2) is 54.6 Å². The first-order chi connectivity index (χ1) is 11.2. The molecule has 0 radical (unpaired) electrons. The van der Waals surface area contributed by atoms with E-state index in [0.717, 1.165) is 11.1 Å². The minimum atomic E-state index is -0.411. The molecule has 2 aromatic carbocycles. The van der Waals surface area contributed by atoms with Crippen LogP contribution in [0.5, 0.6) is 5.75 Å². The monoisotopic (exact) mass is 315 g/mol. The van der Waals surface area contributed by atoms with Crippen LogP contribution < -0.4 is 4.74 Å². The molecule has 0 spiro atoms. The highest BCUT2D eigenvalue weighted by molar-refractivity contribution is 5.37. The van der Waals surface area contributed by atoms with Crippen LogP contribution in [0.3, 0.4) is 0 Å². The van der Waals surface area contributed by atoms with E-state index < -0.39 is 5.92 Å². The van der Waals surface area contributed by atoms with Crippen molar-refractivity contribution in [2.24, 2.45) is 5.92 Å². The van der Waals surface area contributed by atoms with Crippen molar-refractivity contribution in [3.63, 3.8) is 0 Å². The van der Waals surface area contributed by atoms with E-state index in [9.17, 15) is 15.2 Å². The highest BCUT2D eigenvalue weighted by atomic mass is 16.6. The van der Waals surface area contributed by atoms with Crippen molar-refractivity contribution >= 4 is 0 Å². The lowest BCUT2D eigenvalue weighted by Crippen LogP contribution is -2.26. The minimum Gasteiger partial charge on any atom is -0.496 e. The molecule has 0 aromatic heterocycles. The summed E-state index contributed by atoms with van der Waals surface area (Å²) >= 11 is 0. The van der Waals surface area contributed by atoms with Crippen molar-refractivity contribution in [1.29, 1.82) is 0 Å². The molecule has 5 nitrogen and oxygen atoms in total. The van der Waals surface area contributed by atoms with Crippen LogP contribution in [0.4, 0.5) is 0 Å². The highest BCUT2D eigenvalue weighted by Crippen LogP contribution is 2.33. The standard InChI is InChI=1S/C18H21NO4/c1-23-18-10-6-5-9-16(18)17(12-19(21)22)15(13-20)11-14-7-3-2-4-8-14/h2-10,15,17,20H,11-13H2,1H3/t15-,17-/m0/s1. The molecule has 0 bridgehead atoms. The Hall–Kier alpha value is -2.40. The fourth-order valence-corrected chi connectivity index (χ4v) is 2.89. The van der Waals surface area contributed by atoms with E-state index in [4.69, 9.17) is 4.74 Å². The van der Waals surface area contributed by atoms with Crippen LogP contribution in [0.2, 0.25) is 0 Å². The van der Waals surface area contributed by atoms with E-state index in [0.29, 0.717) is 12.2 Å². The molecule has 2 atom stereocenters. The third kappa shape index (κ3) is 4.53. The van der Waals surface area contributed by atoms with Gasteiger partial charge in [0.2, 0.25) is 6.54 Å². The van der Waals surface area contributed by atoms with Gasteiger partial charge >= 0.3 is 0 Å². The highest BCUT2D eigenvalue weighted by Gasteiger charge is 2.29. The molecule has 2 aromatic rings. The number of rotatable bonds is 8. The molecule has 0 heterocycles. The molecule has 0 aliphatic carbocycles. The molecule has 0 fully saturated rings. The van der Waals surface area contributed by atoms with Crippen molar-refractivity contribution in [1.82, 2.24) is 0 Å². The average Bonchev–Trinajstić information content (AvgIpc) is 2.58. The van der Waals surface area contributed by atoms with Crippen molar-refractivity contribution < 1.29 is 14.8 Å². The molecule has 1 N–H and O–H groups in total. The lowest BCUT2D eigenvalue weighted by molar-refractivity contribution is -0.485. The van der Waals surface area contributed by atoms with Gasteiger partial charge in [0.05, 0.1) is 13.0 Å². The van der Waals surface area contributed by atoms with Crippen LogP contribution in [0, 0.1) is 16.0 Å². The van der Waals surface area contributed by atoms with Gasteiger partial charge in [0.15, 0.2) is 0 Å². The zero-order chi connectivity index (χ0) is 16.7. The van der Waals surface area contributed by atoms with Gasteiger partial charge < -0.3 is 9.84 Å². The zero-order valence-corrected chi connectivity index (χ0v) is 13.1. The maximum Gasteiger partial charge on any atom is 0.211 e. The Morgan fingerprint density at radius 2 is 1.78 bits per heavy atom. The third-order valence-corrected chi connectivity index (χ3v) is 4.03. The molecule has 0 saturated heterocycles. The molecule has 0 unspecified atom stereocenters. The van der Waals surface area contributed by atoms with Crippen molar-refractivity contribution in [3.8, 4) is 5.75 Å². The minimum absolute atomic E-state index is 0.120. The summed E-state index contributed by atoms with van der Waals surface area (Å²) < 4.78 is 5.35. The van der Waals surface area contributed by atoms with E-state index in [2.05, 4.69) is 0 Å². The second-order valence-electron chi connectivity index (χ2n) is 5.50. The molecule has 2 rings (SSSR count). The molecule has 0 aliphatic rings. The van der Waals surface area contributed by atoms with E-state index in [1.807, 2.05) is 48.5 Å². The van der Waals surface area contributed by atoms with E-state index >= 15 is 0 Å². The Balaban J connectivity index is 2.33. The number of ether oxygens (including phenoxy) is 1. The largest absolute Gasteiger partial charge is 0.496 e. The number of nitrogens with zero attached hydrogens (tertiary/aromatic N) is 1. The van der Waals surface area contributed by atoms with Gasteiger partial charge in [-0.25, -0.2) is 0 Å². The molecule has 23 heavy (non-hydrogen) atoms. The second-order valence-corrected chi connectivity index (χ2v) is 5.50. The number of aliphatic hydroxyl groups excluding tert-OH is 1. The first kappa shape index (κ1) is 17.0. The molecule has 5 heteroatoms. The first-order valence-corrected chi connectivity index (χ1v) is 7.55. The van der Waals surface area contributed by atoms with Gasteiger partial charge in [-0.2, -0.15) is 0 Å². The summed E-state index contributed by atoms with van der Waals surface area (Å²) in [7, 11) is 1.55. The van der Waals surface area contributed by atoms with Crippen LogP contribution in [-0.2, 0) is 6.42 Å². The van der Waals surface area contributed by atoms with Crippen molar-refractivity contribution in [2.45, 2.75) is 12.3 Å². The first-order valence-electron chi connectivity index (χ1n) is 7.55. The molecular weight excluding hydrogens is 294 g/mol. The normalized spacial score (nSPS) is 13.3. The van der Waals surface area contributed by atoms with Gasteiger partial charge in [0.25, 0.3) is 0 Å². The summed E-state index contributed by atoms with van der Waals surface area (Å²) in [6.45, 7) is -0.357. The zero-order valence-electron chi connectivity index (χ0n) is 13.1. The Bertz CT molecular complexity index is 630. The van der Waals surface area contributed by atoms with Gasteiger partial charge in [-0.1, -0.05) is 48.5 Å². The maximum atomic E-state index is 11.1. The Kier molecular flexibility index (Phi) is 6.11. The maximum absolute atomic E-state index is 11.1. The van der Waals surface area contributed by atoms with Gasteiger partial charge in [0.1, 0.15) is 5.75 Å². The number of hydrogen-bond acceptors (Lipinski definition) is 4. The van der Waals surface area contributed by atoms with Gasteiger partial charge in [-0.3, -0.25) is 10.1 Å². The topological polar surface area (TPSA) is 72.6 Å². The Morgan fingerprint density at radius 1 is 1.13 bits per heavy atom. The predicted molar refractivity (Wildman–Crippen MR) is 88.3 cm³/mol. The summed E-state index contributed by atoms with van der Waals surface area (Å²) in [5.41, 5.74) is 1.82. The van der Waals surface area contributed by atoms with E-state index in [1.165, 1.54) is 0 Å². The second kappa shape index (κ2) is 8.29. The SMILES string of the molecule is COc1ccccc1[C@@H](C[N+](=O)[O-])[C@H](CO)Cc1ccccc1. The smallest absolute Gasteiger partial charge is 0.211 e. The fourth-order valence-electron chi connectivity index (χ4n) is 2.89. The van der Waals surface area contributed by atoms with Crippen LogP contribution >= 0.6 is 0 Å². The fraction of sp³-hybridized carbons (Fsp3) is 0.333. The summed E-state index contributed by atoms with van der Waals surface area (Å²) in [5.74, 6) is -0.0451. The van der Waals surface area contributed by atoms with Gasteiger partial charge in [-0.05, 0) is 24.0 Å². The number of nitro groups is 1. The van der Waals surface area contributed by atoms with E-state index in [-0.39, 0.29) is 24.0 Å². The number of benzene rings is 2. The molecule has 0 saturated carbocycles. The number of hydrogen-bond donors (Lipinski definition) is 1. The van der Waals surface area contributed by atoms with E-state index in [1.54, 1.807) is 13.2 Å². The van der Waals surface area contributed by atoms with Crippen LogP contribution in [-0.4, -0.2) is 30.3 Å². The number of aliphatic hydroxyl groups is 1. The summed E-state index contributed by atoms with van der Waals surface area (Å²) in [5, 5.41) is 21.0. The van der Waals surface area contributed by atoms with Crippen molar-refractivity contribution in [3.05, 3.63) is 75.8 Å². The molecule has 0 amide bonds. The molecular formula is C18H21NO4. The van der Waals surface area contributed by atoms with Crippen molar-refractivity contribution in [2.75, 3.05) is 20.3 Å². The van der Waals surface area contributed by atoms with Gasteiger partial charge in [0, 0.05) is 17.1 Å². The summed E-state index contributed by atoms with van der Waals surface area (Å²) in [4.78, 5) is 10.8. The summed E-state index contributed by atoms with van der Waals surface area (Å²) in [6.07, 6.45) is 0.577. The van der Waals surface area contributed by atoms with Crippen LogP contribution in [0.1, 0.15) is 17.0 Å². The predicted octanol–water partition coefficient (Wildman–Crippen LogP) is 2.91. The molecule has 122 valence electrons. The van der Waals surface area contributed by atoms with Crippen LogP contribution in [0.25, 0.3) is 0 Å². The quantitative estimate of drug-likeness (QED) is 0.600. The van der Waals surface area contributed by atoms with Gasteiger partial charge in [-0.15, -0.1) is 0 Å².